The predicted octanol–water partition coefficient (Wildman–Crippen LogP) is 4.47. The predicted molar refractivity (Wildman–Crippen MR) is 129 cm³/mol. The van der Waals surface area contributed by atoms with Gasteiger partial charge in [-0.25, -0.2) is 14.6 Å². The fraction of sp³-hybridized carbons (Fsp3) is 0.360. The molecule has 10 nitrogen and oxygen atoms in total. The number of carboxylic acid groups (broad SMARTS) is 1. The van der Waals surface area contributed by atoms with Gasteiger partial charge in [0.25, 0.3) is 0 Å². The lowest BCUT2D eigenvalue weighted by Crippen LogP contribution is -2.62. The smallest absolute Gasteiger partial charge is 0.408 e. The average molecular weight is 481 g/mol. The molecule has 2 heterocycles. The van der Waals surface area contributed by atoms with Crippen LogP contribution in [-0.4, -0.2) is 57.3 Å². The number of oxazole rings is 1. The summed E-state index contributed by atoms with van der Waals surface area (Å²) in [5, 5.41) is 14.9. The third kappa shape index (κ3) is 5.53. The van der Waals surface area contributed by atoms with Gasteiger partial charge in [-0.1, -0.05) is 18.2 Å². The maximum absolute atomic E-state index is 13.5. The molecule has 4 rings (SSSR count). The largest absolute Gasteiger partial charge is 0.465 e. The van der Waals surface area contributed by atoms with Crippen molar-refractivity contribution in [2.75, 3.05) is 18.4 Å². The fourth-order valence-electron chi connectivity index (χ4n) is 3.96. The van der Waals surface area contributed by atoms with Gasteiger partial charge >= 0.3 is 12.2 Å². The molecular formula is C25H28N4O6. The molecule has 10 heteroatoms. The molecule has 0 aliphatic carbocycles. The van der Waals surface area contributed by atoms with Crippen molar-refractivity contribution in [2.24, 2.45) is 0 Å². The number of fused-ring (bicyclic) bond motifs is 1. The van der Waals surface area contributed by atoms with E-state index in [0.29, 0.717) is 22.7 Å². The van der Waals surface area contributed by atoms with E-state index in [1.807, 2.05) is 30.3 Å². The summed E-state index contributed by atoms with van der Waals surface area (Å²) in [6, 6.07) is 14.4. The number of ether oxygens (including phenoxy) is 1. The van der Waals surface area contributed by atoms with Crippen LogP contribution in [0.2, 0.25) is 0 Å². The Kier molecular flexibility index (Phi) is 6.38. The number of likely N-dealkylation sites (tertiary alicyclic amines) is 1. The van der Waals surface area contributed by atoms with Crippen molar-refractivity contribution in [1.82, 2.24) is 15.2 Å². The number of hydrogen-bond acceptors (Lipinski definition) is 6. The molecule has 35 heavy (non-hydrogen) atoms. The second-order valence-electron chi connectivity index (χ2n) is 9.50. The minimum atomic E-state index is -1.33. The van der Waals surface area contributed by atoms with Crippen LogP contribution in [0, 0.1) is 0 Å². The summed E-state index contributed by atoms with van der Waals surface area (Å²) < 4.78 is 11.2. The van der Waals surface area contributed by atoms with E-state index < -0.39 is 29.2 Å². The molecule has 3 aromatic rings. The van der Waals surface area contributed by atoms with Crippen LogP contribution in [0.15, 0.2) is 52.9 Å². The second kappa shape index (κ2) is 9.28. The number of para-hydroxylation sites is 2. The van der Waals surface area contributed by atoms with Gasteiger partial charge in [-0.15, -0.1) is 0 Å². The molecule has 1 fully saturated rings. The molecule has 0 unspecified atom stereocenters. The quantitative estimate of drug-likeness (QED) is 0.501. The molecule has 0 spiro atoms. The van der Waals surface area contributed by atoms with Gasteiger partial charge in [0, 0.05) is 24.3 Å². The van der Waals surface area contributed by atoms with Crippen LogP contribution in [0.5, 0.6) is 0 Å². The van der Waals surface area contributed by atoms with E-state index in [1.54, 1.807) is 39.0 Å². The summed E-state index contributed by atoms with van der Waals surface area (Å²) in [5.74, 6) is -0.0400. The Labute approximate surface area is 202 Å². The number of anilines is 1. The monoisotopic (exact) mass is 480 g/mol. The van der Waals surface area contributed by atoms with Gasteiger partial charge in [0.05, 0.1) is 0 Å². The SMILES string of the molecule is CC(C)(C)OC(=O)NC1(C(=O)Nc2cccc(-c3nc4ccccc4o3)c2)CCN(C(=O)O)CC1. The summed E-state index contributed by atoms with van der Waals surface area (Å²) in [4.78, 5) is 43.1. The first-order valence-corrected chi connectivity index (χ1v) is 11.3. The van der Waals surface area contributed by atoms with Crippen molar-refractivity contribution in [3.8, 4) is 11.5 Å². The molecule has 3 N–H and O–H groups in total. The highest BCUT2D eigenvalue weighted by atomic mass is 16.6. The van der Waals surface area contributed by atoms with Gasteiger partial charge < -0.3 is 29.8 Å². The van der Waals surface area contributed by atoms with E-state index in [4.69, 9.17) is 9.15 Å². The van der Waals surface area contributed by atoms with Crippen molar-refractivity contribution < 1.29 is 28.6 Å². The first-order chi connectivity index (χ1) is 16.5. The number of nitrogens with one attached hydrogen (secondary N) is 2. The zero-order valence-corrected chi connectivity index (χ0v) is 19.8. The van der Waals surface area contributed by atoms with Crippen LogP contribution in [0.1, 0.15) is 33.6 Å². The average Bonchev–Trinajstić information content (AvgIpc) is 3.22. The molecule has 3 amide bonds. The van der Waals surface area contributed by atoms with Gasteiger partial charge in [0.2, 0.25) is 11.8 Å². The molecule has 1 aromatic heterocycles. The maximum Gasteiger partial charge on any atom is 0.408 e. The fourth-order valence-corrected chi connectivity index (χ4v) is 3.96. The normalized spacial score (nSPS) is 15.5. The Morgan fingerprint density at radius 3 is 2.46 bits per heavy atom. The highest BCUT2D eigenvalue weighted by molar-refractivity contribution is 6.00. The molecule has 0 saturated carbocycles. The third-order valence-corrected chi connectivity index (χ3v) is 5.72. The van der Waals surface area contributed by atoms with Crippen molar-refractivity contribution in [3.63, 3.8) is 0 Å². The van der Waals surface area contributed by atoms with E-state index in [1.165, 1.54) is 4.90 Å². The first kappa shape index (κ1) is 24.1. The van der Waals surface area contributed by atoms with Gasteiger partial charge in [-0.2, -0.15) is 0 Å². The number of aromatic nitrogens is 1. The molecule has 0 bridgehead atoms. The Bertz CT molecular complexity index is 1220. The zero-order chi connectivity index (χ0) is 25.2. The molecule has 1 aliphatic rings. The Balaban J connectivity index is 1.56. The Morgan fingerprint density at radius 2 is 1.80 bits per heavy atom. The minimum absolute atomic E-state index is 0.0987. The zero-order valence-electron chi connectivity index (χ0n) is 19.8. The first-order valence-electron chi connectivity index (χ1n) is 11.3. The van der Waals surface area contributed by atoms with Gasteiger partial charge in [-0.3, -0.25) is 4.79 Å². The van der Waals surface area contributed by atoms with Crippen molar-refractivity contribution in [3.05, 3.63) is 48.5 Å². The van der Waals surface area contributed by atoms with E-state index in [0.717, 1.165) is 5.52 Å². The Hall–Kier alpha value is -4.08. The van der Waals surface area contributed by atoms with Crippen LogP contribution in [0.25, 0.3) is 22.6 Å². The number of rotatable bonds is 4. The highest BCUT2D eigenvalue weighted by Crippen LogP contribution is 2.29. The molecule has 184 valence electrons. The van der Waals surface area contributed by atoms with Gasteiger partial charge in [0.15, 0.2) is 5.58 Å². The molecule has 1 saturated heterocycles. The number of carbonyl (C=O) groups is 3. The maximum atomic E-state index is 13.5. The molecule has 0 radical (unpaired) electrons. The number of nitrogens with zero attached hydrogens (tertiary/aromatic N) is 2. The number of amides is 3. The third-order valence-electron chi connectivity index (χ3n) is 5.72. The summed E-state index contributed by atoms with van der Waals surface area (Å²) in [6.45, 7) is 5.38. The summed E-state index contributed by atoms with van der Waals surface area (Å²) in [6.07, 6.45) is -1.59. The summed E-state index contributed by atoms with van der Waals surface area (Å²) in [7, 11) is 0. The van der Waals surface area contributed by atoms with Crippen LogP contribution in [0.3, 0.4) is 0 Å². The molecule has 2 aromatic carbocycles. The van der Waals surface area contributed by atoms with Crippen LogP contribution < -0.4 is 10.6 Å². The number of hydrogen-bond donors (Lipinski definition) is 3. The van der Waals surface area contributed by atoms with E-state index in [9.17, 15) is 19.5 Å². The van der Waals surface area contributed by atoms with Gasteiger partial charge in [0.1, 0.15) is 16.7 Å². The number of benzene rings is 2. The van der Waals surface area contributed by atoms with Crippen LogP contribution >= 0.6 is 0 Å². The number of carbonyl (C=O) groups excluding carboxylic acids is 2. The van der Waals surface area contributed by atoms with Crippen molar-refractivity contribution in [1.29, 1.82) is 0 Å². The standard InChI is InChI=1S/C25H28N4O6/c1-24(2,3)35-22(31)28-25(11-13-29(14-12-25)23(32)33)21(30)26-17-8-6-7-16(15-17)20-27-18-9-4-5-10-19(18)34-20/h4-10,15H,11-14H2,1-3H3,(H,26,30)(H,28,31)(H,32,33). The van der Waals surface area contributed by atoms with E-state index >= 15 is 0 Å². The van der Waals surface area contributed by atoms with Crippen molar-refractivity contribution in [2.45, 2.75) is 44.8 Å². The lowest BCUT2D eigenvalue weighted by Gasteiger charge is -2.40. The molecule has 0 atom stereocenters. The molecule has 1 aliphatic heterocycles. The summed E-state index contributed by atoms with van der Waals surface area (Å²) in [5.41, 5.74) is 0.458. The van der Waals surface area contributed by atoms with Crippen LogP contribution in [0.4, 0.5) is 15.3 Å². The lowest BCUT2D eigenvalue weighted by molar-refractivity contribution is -0.124. The van der Waals surface area contributed by atoms with E-state index in [2.05, 4.69) is 15.6 Å². The Morgan fingerprint density at radius 1 is 1.09 bits per heavy atom. The lowest BCUT2D eigenvalue weighted by atomic mass is 9.86. The van der Waals surface area contributed by atoms with Crippen LogP contribution in [-0.2, 0) is 9.53 Å². The van der Waals surface area contributed by atoms with Gasteiger partial charge in [-0.05, 0) is 63.9 Å². The summed E-state index contributed by atoms with van der Waals surface area (Å²) >= 11 is 0. The number of alkyl carbamates (subject to hydrolysis) is 1. The van der Waals surface area contributed by atoms with E-state index in [-0.39, 0.29) is 25.9 Å². The van der Waals surface area contributed by atoms with Crippen molar-refractivity contribution >= 4 is 34.9 Å². The second-order valence-corrected chi connectivity index (χ2v) is 9.50. The molecular weight excluding hydrogens is 452 g/mol. The topological polar surface area (TPSA) is 134 Å². The highest BCUT2D eigenvalue weighted by Gasteiger charge is 2.44. The minimum Gasteiger partial charge on any atom is -0.465 e. The number of piperidine rings is 1.